The first-order valence-electron chi connectivity index (χ1n) is 9.25. The maximum atomic E-state index is 13.5. The lowest BCUT2D eigenvalue weighted by molar-refractivity contribution is -0.133. The lowest BCUT2D eigenvalue weighted by Gasteiger charge is -2.24. The molecule has 158 valence electrons. The smallest absolute Gasteiger partial charge is 0.414 e. The molecule has 2 aromatic rings. The van der Waals surface area contributed by atoms with Crippen LogP contribution in [0, 0.1) is 5.82 Å². The Balaban J connectivity index is 1.72. The van der Waals surface area contributed by atoms with E-state index in [-0.39, 0.29) is 10.7 Å². The molecule has 0 atom stereocenters. The molecule has 0 aliphatic carbocycles. The van der Waals surface area contributed by atoms with Crippen molar-refractivity contribution in [3.63, 3.8) is 0 Å². The Labute approximate surface area is 178 Å². The minimum absolute atomic E-state index is 0.0909. The minimum atomic E-state index is -0.962. The highest BCUT2D eigenvalue weighted by Crippen LogP contribution is 2.34. The van der Waals surface area contributed by atoms with Gasteiger partial charge in [-0.1, -0.05) is 17.7 Å². The van der Waals surface area contributed by atoms with Crippen molar-refractivity contribution in [1.82, 2.24) is 0 Å². The van der Waals surface area contributed by atoms with Crippen LogP contribution in [0.5, 0.6) is 0 Å². The van der Waals surface area contributed by atoms with Gasteiger partial charge in [-0.05, 0) is 57.5 Å². The van der Waals surface area contributed by atoms with Crippen LogP contribution in [0.15, 0.2) is 36.4 Å². The maximum absolute atomic E-state index is 13.5. The van der Waals surface area contributed by atoms with Gasteiger partial charge in [-0.3, -0.25) is 14.5 Å². The molecule has 1 aliphatic heterocycles. The molecular formula is C21H21ClFN3O4. The molecule has 0 fully saturated rings. The van der Waals surface area contributed by atoms with Crippen LogP contribution in [0.25, 0.3) is 0 Å². The quantitative estimate of drug-likeness (QED) is 0.689. The third-order valence-corrected chi connectivity index (χ3v) is 4.58. The zero-order chi connectivity index (χ0) is 22.1. The number of halogens is 2. The lowest BCUT2D eigenvalue weighted by atomic mass is 10.1. The van der Waals surface area contributed by atoms with Crippen LogP contribution in [-0.2, 0) is 20.7 Å². The monoisotopic (exact) mass is 433 g/mol. The number of carbonyl (C=O) groups excluding carboxylic acids is 3. The second kappa shape index (κ2) is 8.31. The van der Waals surface area contributed by atoms with Crippen LogP contribution >= 0.6 is 11.6 Å². The van der Waals surface area contributed by atoms with Gasteiger partial charge in [0.2, 0.25) is 0 Å². The molecule has 3 rings (SSSR count). The molecule has 0 radical (unpaired) electrons. The second-order valence-corrected chi connectivity index (χ2v) is 8.13. The van der Waals surface area contributed by atoms with Gasteiger partial charge >= 0.3 is 17.9 Å². The molecule has 2 N–H and O–H groups in total. The van der Waals surface area contributed by atoms with Gasteiger partial charge in [-0.2, -0.15) is 0 Å². The van der Waals surface area contributed by atoms with Gasteiger partial charge in [0, 0.05) is 23.5 Å². The van der Waals surface area contributed by atoms with Crippen molar-refractivity contribution in [1.29, 1.82) is 0 Å². The van der Waals surface area contributed by atoms with Gasteiger partial charge in [0.15, 0.2) is 0 Å². The minimum Gasteiger partial charge on any atom is -0.443 e. The summed E-state index contributed by atoms with van der Waals surface area (Å²) in [6.07, 6.45) is 0.0157. The molecular weight excluding hydrogens is 413 g/mol. The van der Waals surface area contributed by atoms with Crippen molar-refractivity contribution < 1.29 is 23.5 Å². The van der Waals surface area contributed by atoms with Crippen LogP contribution in [0.3, 0.4) is 0 Å². The molecule has 0 spiro atoms. The molecule has 0 unspecified atom stereocenters. The molecule has 0 aromatic heterocycles. The summed E-state index contributed by atoms with van der Waals surface area (Å²) < 4.78 is 18.9. The lowest BCUT2D eigenvalue weighted by Crippen LogP contribution is -2.35. The van der Waals surface area contributed by atoms with Gasteiger partial charge in [-0.25, -0.2) is 9.18 Å². The number of anilines is 3. The Morgan fingerprint density at radius 3 is 2.47 bits per heavy atom. The highest BCUT2D eigenvalue weighted by molar-refractivity contribution is 6.43. The summed E-state index contributed by atoms with van der Waals surface area (Å²) in [5.41, 5.74) is 1.22. The van der Waals surface area contributed by atoms with E-state index in [1.807, 2.05) is 0 Å². The van der Waals surface area contributed by atoms with Gasteiger partial charge in [0.25, 0.3) is 0 Å². The topological polar surface area (TPSA) is 87.7 Å². The molecule has 7 nitrogen and oxygen atoms in total. The summed E-state index contributed by atoms with van der Waals surface area (Å²) in [6.45, 7) is 5.74. The highest BCUT2D eigenvalue weighted by Gasteiger charge is 2.30. The van der Waals surface area contributed by atoms with Crippen LogP contribution in [-0.4, -0.2) is 30.1 Å². The molecule has 1 heterocycles. The van der Waals surface area contributed by atoms with Crippen molar-refractivity contribution >= 4 is 46.6 Å². The first-order valence-corrected chi connectivity index (χ1v) is 9.63. The molecule has 0 saturated carbocycles. The summed E-state index contributed by atoms with van der Waals surface area (Å²) in [5, 5.41) is 4.77. The molecule has 3 amide bonds. The Kier molecular flexibility index (Phi) is 5.98. The third kappa shape index (κ3) is 4.88. The number of hydrogen-bond acceptors (Lipinski definition) is 4. The van der Waals surface area contributed by atoms with E-state index in [9.17, 15) is 18.8 Å². The fourth-order valence-corrected chi connectivity index (χ4v) is 3.12. The zero-order valence-electron chi connectivity index (χ0n) is 16.7. The van der Waals surface area contributed by atoms with Gasteiger partial charge in [0.05, 0.1) is 10.7 Å². The number of amides is 3. The SMILES string of the molecule is CC(C)(C)OC(=O)N1CCc2c(NC(=O)C(=O)Nc3ccc(Cl)c(F)c3)cccc21. The largest absolute Gasteiger partial charge is 0.443 e. The van der Waals surface area contributed by atoms with Crippen LogP contribution in [0.1, 0.15) is 26.3 Å². The van der Waals surface area contributed by atoms with Crippen molar-refractivity contribution in [3.8, 4) is 0 Å². The number of carbonyl (C=O) groups is 3. The molecule has 0 saturated heterocycles. The first-order chi connectivity index (χ1) is 14.0. The van der Waals surface area contributed by atoms with Gasteiger partial charge in [0.1, 0.15) is 11.4 Å². The fourth-order valence-electron chi connectivity index (χ4n) is 3.00. The van der Waals surface area contributed by atoms with Crippen LogP contribution in [0.2, 0.25) is 5.02 Å². The van der Waals surface area contributed by atoms with E-state index >= 15 is 0 Å². The van der Waals surface area contributed by atoms with E-state index in [0.29, 0.717) is 24.3 Å². The normalized spacial score (nSPS) is 12.9. The molecule has 30 heavy (non-hydrogen) atoms. The first kappa shape index (κ1) is 21.6. The average molecular weight is 434 g/mol. The highest BCUT2D eigenvalue weighted by atomic mass is 35.5. The predicted molar refractivity (Wildman–Crippen MR) is 112 cm³/mol. The van der Waals surface area contributed by atoms with Gasteiger partial charge in [-0.15, -0.1) is 0 Å². The van der Waals surface area contributed by atoms with Crippen molar-refractivity contribution in [2.45, 2.75) is 32.8 Å². The molecule has 1 aliphatic rings. The maximum Gasteiger partial charge on any atom is 0.414 e. The van der Waals surface area contributed by atoms with Crippen molar-refractivity contribution in [2.24, 2.45) is 0 Å². The number of nitrogens with zero attached hydrogens (tertiary/aromatic N) is 1. The number of rotatable bonds is 2. The van der Waals surface area contributed by atoms with E-state index in [2.05, 4.69) is 10.6 Å². The molecule has 2 aromatic carbocycles. The Morgan fingerprint density at radius 1 is 1.10 bits per heavy atom. The molecule has 0 bridgehead atoms. The fraction of sp³-hybridized carbons (Fsp3) is 0.286. The number of ether oxygens (including phenoxy) is 1. The number of hydrogen-bond donors (Lipinski definition) is 2. The van der Waals surface area contributed by atoms with Crippen molar-refractivity contribution in [3.05, 3.63) is 52.8 Å². The number of fused-ring (bicyclic) bond motifs is 1. The summed E-state index contributed by atoms with van der Waals surface area (Å²) in [7, 11) is 0. The molecule has 9 heteroatoms. The van der Waals surface area contributed by atoms with E-state index < -0.39 is 29.3 Å². The van der Waals surface area contributed by atoms with Crippen LogP contribution in [0.4, 0.5) is 26.2 Å². The summed E-state index contributed by atoms with van der Waals surface area (Å²) in [4.78, 5) is 38.4. The Morgan fingerprint density at radius 2 is 1.80 bits per heavy atom. The van der Waals surface area contributed by atoms with E-state index in [4.69, 9.17) is 16.3 Å². The van der Waals surface area contributed by atoms with E-state index in [0.717, 1.165) is 11.6 Å². The number of nitrogens with one attached hydrogen (secondary N) is 2. The third-order valence-electron chi connectivity index (χ3n) is 4.27. The summed E-state index contributed by atoms with van der Waals surface area (Å²) in [5.74, 6) is -2.59. The average Bonchev–Trinajstić information content (AvgIpc) is 3.08. The second-order valence-electron chi connectivity index (χ2n) is 7.72. The standard InChI is InChI=1S/C21H21ClFN3O4/c1-21(2,3)30-20(29)26-10-9-13-16(5-4-6-17(13)26)25-19(28)18(27)24-12-7-8-14(22)15(23)11-12/h4-8,11H,9-10H2,1-3H3,(H,24,27)(H,25,28). The zero-order valence-corrected chi connectivity index (χ0v) is 17.5. The predicted octanol–water partition coefficient (Wildman–Crippen LogP) is 4.35. The Hall–Kier alpha value is -3.13. The number of benzene rings is 2. The van der Waals surface area contributed by atoms with Crippen molar-refractivity contribution in [2.75, 3.05) is 22.1 Å². The van der Waals surface area contributed by atoms with Gasteiger partial charge < -0.3 is 15.4 Å². The summed E-state index contributed by atoms with van der Waals surface area (Å²) >= 11 is 5.61. The summed E-state index contributed by atoms with van der Waals surface area (Å²) in [6, 6.07) is 8.74. The van der Waals surface area contributed by atoms with E-state index in [1.54, 1.807) is 39.0 Å². The van der Waals surface area contributed by atoms with E-state index in [1.165, 1.54) is 17.0 Å². The Bertz CT molecular complexity index is 1020. The van der Waals surface area contributed by atoms with Crippen LogP contribution < -0.4 is 15.5 Å².